The van der Waals surface area contributed by atoms with Crippen LogP contribution in [0.3, 0.4) is 0 Å². The molecule has 0 saturated heterocycles. The summed E-state index contributed by atoms with van der Waals surface area (Å²) in [6.45, 7) is 0.594. The highest BCUT2D eigenvalue weighted by Gasteiger charge is 2.07. The van der Waals surface area contributed by atoms with Gasteiger partial charge in [0.15, 0.2) is 0 Å². The Labute approximate surface area is 112 Å². The molecule has 0 fully saturated rings. The first-order chi connectivity index (χ1) is 8.00. The van der Waals surface area contributed by atoms with Crippen LogP contribution in [0, 0.1) is 5.82 Å². The first-order valence-corrected chi connectivity index (χ1v) is 6.28. The molecular weight excluding hydrogens is 312 g/mol. The normalized spacial score (nSPS) is 10.3. The van der Waals surface area contributed by atoms with Crippen molar-refractivity contribution >= 4 is 39.2 Å². The summed E-state index contributed by atoms with van der Waals surface area (Å²) < 4.78 is 13.5. The minimum Gasteiger partial charge on any atom is -0.481 e. The van der Waals surface area contributed by atoms with Gasteiger partial charge in [0.1, 0.15) is 5.82 Å². The summed E-state index contributed by atoms with van der Waals surface area (Å²) in [5.74, 6) is -1.20. The van der Waals surface area contributed by atoms with Crippen LogP contribution in [0.1, 0.15) is 19.3 Å². The molecule has 94 valence electrons. The van der Waals surface area contributed by atoms with E-state index in [-0.39, 0.29) is 6.42 Å². The maximum Gasteiger partial charge on any atom is 0.303 e. The number of halogens is 3. The van der Waals surface area contributed by atoms with Crippen LogP contribution in [0.2, 0.25) is 5.02 Å². The molecular formula is C11H12BrClFNO2. The Kier molecular flexibility index (Phi) is 5.71. The molecule has 2 N–H and O–H groups in total. The Morgan fingerprint density at radius 1 is 1.47 bits per heavy atom. The predicted octanol–water partition coefficient (Wildman–Crippen LogP) is 3.91. The summed E-state index contributed by atoms with van der Waals surface area (Å²) >= 11 is 9.08. The lowest BCUT2D eigenvalue weighted by Gasteiger charge is -2.10. The van der Waals surface area contributed by atoms with E-state index in [1.54, 1.807) is 0 Å². The second-order valence-corrected chi connectivity index (χ2v) is 4.78. The number of hydrogen-bond donors (Lipinski definition) is 2. The molecule has 0 aliphatic carbocycles. The number of carboxylic acid groups (broad SMARTS) is 1. The van der Waals surface area contributed by atoms with Crippen LogP contribution in [0.4, 0.5) is 10.1 Å². The average molecular weight is 325 g/mol. The van der Waals surface area contributed by atoms with Crippen molar-refractivity contribution in [2.45, 2.75) is 19.3 Å². The molecule has 0 aliphatic rings. The number of carbonyl (C=O) groups is 1. The third-order valence-electron chi connectivity index (χ3n) is 2.13. The van der Waals surface area contributed by atoms with Crippen molar-refractivity contribution < 1.29 is 14.3 Å². The van der Waals surface area contributed by atoms with Crippen LogP contribution in [0.25, 0.3) is 0 Å². The van der Waals surface area contributed by atoms with Gasteiger partial charge in [-0.25, -0.2) is 4.39 Å². The number of hydrogen-bond acceptors (Lipinski definition) is 2. The lowest BCUT2D eigenvalue weighted by molar-refractivity contribution is -0.137. The van der Waals surface area contributed by atoms with E-state index >= 15 is 0 Å². The van der Waals surface area contributed by atoms with Crippen LogP contribution < -0.4 is 5.32 Å². The number of rotatable bonds is 6. The quantitative estimate of drug-likeness (QED) is 0.780. The Bertz CT molecular complexity index is 391. The number of anilines is 1. The van der Waals surface area contributed by atoms with Crippen LogP contribution in [0.5, 0.6) is 0 Å². The molecule has 0 bridgehead atoms. The number of unbranched alkanes of at least 4 members (excludes halogenated alkanes) is 1. The summed E-state index contributed by atoms with van der Waals surface area (Å²) in [7, 11) is 0. The van der Waals surface area contributed by atoms with E-state index in [1.807, 2.05) is 0 Å². The van der Waals surface area contributed by atoms with Gasteiger partial charge in [0.05, 0.1) is 10.7 Å². The smallest absolute Gasteiger partial charge is 0.303 e. The molecule has 3 nitrogen and oxygen atoms in total. The number of benzene rings is 1. The highest BCUT2D eigenvalue weighted by Crippen LogP contribution is 2.31. The highest BCUT2D eigenvalue weighted by molar-refractivity contribution is 9.10. The Balaban J connectivity index is 2.44. The molecule has 0 atom stereocenters. The maximum atomic E-state index is 12.9. The van der Waals surface area contributed by atoms with E-state index in [4.69, 9.17) is 16.7 Å². The van der Waals surface area contributed by atoms with Crippen molar-refractivity contribution in [3.8, 4) is 0 Å². The second kappa shape index (κ2) is 6.81. The summed E-state index contributed by atoms with van der Waals surface area (Å²) in [5, 5.41) is 11.8. The van der Waals surface area contributed by atoms with E-state index in [9.17, 15) is 9.18 Å². The summed E-state index contributed by atoms with van der Waals surface area (Å²) in [6.07, 6.45) is 1.46. The highest BCUT2D eigenvalue weighted by atomic mass is 79.9. The molecule has 1 rings (SSSR count). The van der Waals surface area contributed by atoms with Crippen molar-refractivity contribution in [2.75, 3.05) is 11.9 Å². The molecule has 0 saturated carbocycles. The first kappa shape index (κ1) is 14.3. The molecule has 0 spiro atoms. The largest absolute Gasteiger partial charge is 0.481 e. The second-order valence-electron chi connectivity index (χ2n) is 3.52. The summed E-state index contributed by atoms with van der Waals surface area (Å²) in [6, 6.07) is 2.55. The van der Waals surface area contributed by atoms with Gasteiger partial charge >= 0.3 is 5.97 Å². The summed E-state index contributed by atoms with van der Waals surface area (Å²) in [4.78, 5) is 10.3. The van der Waals surface area contributed by atoms with Gasteiger partial charge in [-0.2, -0.15) is 0 Å². The lowest BCUT2D eigenvalue weighted by Crippen LogP contribution is -2.04. The maximum absolute atomic E-state index is 12.9. The Morgan fingerprint density at radius 3 is 2.76 bits per heavy atom. The average Bonchev–Trinajstić information content (AvgIpc) is 2.20. The fourth-order valence-electron chi connectivity index (χ4n) is 1.33. The predicted molar refractivity (Wildman–Crippen MR) is 69.1 cm³/mol. The fraction of sp³-hybridized carbons (Fsp3) is 0.364. The van der Waals surface area contributed by atoms with Crippen molar-refractivity contribution in [3.63, 3.8) is 0 Å². The minimum atomic E-state index is -0.800. The zero-order chi connectivity index (χ0) is 12.8. The van der Waals surface area contributed by atoms with Gasteiger partial charge in [-0.05, 0) is 40.9 Å². The van der Waals surface area contributed by atoms with Gasteiger partial charge in [-0.1, -0.05) is 11.6 Å². The van der Waals surface area contributed by atoms with Gasteiger partial charge < -0.3 is 10.4 Å². The molecule has 17 heavy (non-hydrogen) atoms. The zero-order valence-electron chi connectivity index (χ0n) is 8.97. The number of aliphatic carboxylic acids is 1. The Hall–Kier alpha value is -0.810. The van der Waals surface area contributed by atoms with E-state index < -0.39 is 11.8 Å². The van der Waals surface area contributed by atoms with Crippen molar-refractivity contribution in [3.05, 3.63) is 27.4 Å². The summed E-state index contributed by atoms with van der Waals surface area (Å²) in [5.41, 5.74) is 0.628. The molecule has 0 aromatic heterocycles. The van der Waals surface area contributed by atoms with E-state index in [1.165, 1.54) is 12.1 Å². The number of carboxylic acids is 1. The van der Waals surface area contributed by atoms with Gasteiger partial charge in [0.2, 0.25) is 0 Å². The van der Waals surface area contributed by atoms with Crippen molar-refractivity contribution in [1.29, 1.82) is 0 Å². The lowest BCUT2D eigenvalue weighted by atomic mass is 10.2. The van der Waals surface area contributed by atoms with E-state index in [0.29, 0.717) is 34.6 Å². The van der Waals surface area contributed by atoms with Gasteiger partial charge in [-0.3, -0.25) is 4.79 Å². The van der Waals surface area contributed by atoms with Crippen molar-refractivity contribution in [2.24, 2.45) is 0 Å². The SMILES string of the molecule is O=C(O)CCCCNc1c(Cl)cc(F)cc1Br. The number of nitrogens with one attached hydrogen (secondary N) is 1. The third-order valence-corrected chi connectivity index (χ3v) is 3.05. The van der Waals surface area contributed by atoms with E-state index in [0.717, 1.165) is 0 Å². The fourth-order valence-corrected chi connectivity index (χ4v) is 2.29. The molecule has 0 amide bonds. The molecule has 0 radical (unpaired) electrons. The zero-order valence-corrected chi connectivity index (χ0v) is 11.3. The van der Waals surface area contributed by atoms with Gasteiger partial charge in [-0.15, -0.1) is 0 Å². The molecule has 0 aliphatic heterocycles. The molecule has 6 heteroatoms. The molecule has 1 aromatic carbocycles. The monoisotopic (exact) mass is 323 g/mol. The van der Waals surface area contributed by atoms with Crippen LogP contribution in [-0.2, 0) is 4.79 Å². The van der Waals surface area contributed by atoms with Gasteiger partial charge in [0.25, 0.3) is 0 Å². The van der Waals surface area contributed by atoms with Crippen LogP contribution >= 0.6 is 27.5 Å². The minimum absolute atomic E-state index is 0.153. The third kappa shape index (κ3) is 4.91. The van der Waals surface area contributed by atoms with Crippen molar-refractivity contribution in [1.82, 2.24) is 0 Å². The first-order valence-electron chi connectivity index (χ1n) is 5.11. The molecule has 0 unspecified atom stereocenters. The van der Waals surface area contributed by atoms with Crippen LogP contribution in [0.15, 0.2) is 16.6 Å². The molecule has 0 heterocycles. The van der Waals surface area contributed by atoms with E-state index in [2.05, 4.69) is 21.2 Å². The Morgan fingerprint density at radius 2 is 2.18 bits per heavy atom. The standard InChI is InChI=1S/C11H12BrClFNO2/c12-8-5-7(14)6-9(13)11(8)15-4-2-1-3-10(16)17/h5-6,15H,1-4H2,(H,16,17). The van der Waals surface area contributed by atoms with Crippen LogP contribution in [-0.4, -0.2) is 17.6 Å². The molecule has 1 aromatic rings. The van der Waals surface area contributed by atoms with Gasteiger partial charge in [0, 0.05) is 17.4 Å². The topological polar surface area (TPSA) is 49.3 Å².